The van der Waals surface area contributed by atoms with Gasteiger partial charge < -0.3 is 8.98 Å². The van der Waals surface area contributed by atoms with Crippen molar-refractivity contribution in [3.05, 3.63) is 83.3 Å². The predicted octanol–water partition coefficient (Wildman–Crippen LogP) is 3.38. The molecule has 1 aliphatic carbocycles. The summed E-state index contributed by atoms with van der Waals surface area (Å²) in [4.78, 5) is 31.0. The highest BCUT2D eigenvalue weighted by atomic mass is 16.4. The van der Waals surface area contributed by atoms with Crippen LogP contribution in [0.5, 0.6) is 0 Å². The van der Waals surface area contributed by atoms with Gasteiger partial charge in [0.05, 0.1) is 35.7 Å². The fraction of sp³-hybridized carbons (Fsp3) is 0.292. The number of oxazole rings is 1. The molecular formula is C24H23N7O2. The average Bonchev–Trinajstić information content (AvgIpc) is 3.35. The van der Waals surface area contributed by atoms with Crippen molar-refractivity contribution in [3.8, 4) is 11.3 Å². The van der Waals surface area contributed by atoms with Crippen molar-refractivity contribution in [1.29, 1.82) is 0 Å². The van der Waals surface area contributed by atoms with E-state index in [2.05, 4.69) is 19.5 Å². The molecule has 0 aliphatic heterocycles. The van der Waals surface area contributed by atoms with Crippen molar-refractivity contribution >= 4 is 11.0 Å². The van der Waals surface area contributed by atoms with Crippen molar-refractivity contribution in [3.63, 3.8) is 0 Å². The first-order valence-electron chi connectivity index (χ1n) is 11.1. The van der Waals surface area contributed by atoms with Gasteiger partial charge in [0.25, 0.3) is 0 Å². The van der Waals surface area contributed by atoms with E-state index in [1.165, 1.54) is 0 Å². The summed E-state index contributed by atoms with van der Waals surface area (Å²) in [5.74, 6) is 2.27. The second kappa shape index (κ2) is 7.84. The molecule has 5 heterocycles. The summed E-state index contributed by atoms with van der Waals surface area (Å²) in [6.45, 7) is 2.85. The van der Waals surface area contributed by atoms with E-state index in [9.17, 15) is 4.79 Å². The highest BCUT2D eigenvalue weighted by Gasteiger charge is 2.29. The van der Waals surface area contributed by atoms with Gasteiger partial charge in [0.2, 0.25) is 0 Å². The molecule has 166 valence electrons. The third-order valence-corrected chi connectivity index (χ3v) is 6.06. The Hall–Kier alpha value is -4.01. The maximum absolute atomic E-state index is 13.4. The van der Waals surface area contributed by atoms with Crippen LogP contribution in [0.2, 0.25) is 0 Å². The number of imidazole rings is 2. The Kier molecular flexibility index (Phi) is 4.67. The van der Waals surface area contributed by atoms with E-state index >= 15 is 0 Å². The number of hydrogen-bond acceptors (Lipinski definition) is 6. The second-order valence-corrected chi connectivity index (χ2v) is 8.41. The lowest BCUT2D eigenvalue weighted by Gasteiger charge is -2.07. The van der Waals surface area contributed by atoms with Gasteiger partial charge in [-0.2, -0.15) is 0 Å². The lowest BCUT2D eigenvalue weighted by atomic mass is 10.2. The number of fused-ring (bicyclic) bond motifs is 1. The van der Waals surface area contributed by atoms with E-state index in [0.717, 1.165) is 46.7 Å². The van der Waals surface area contributed by atoms with Crippen LogP contribution in [0.1, 0.15) is 36.4 Å². The molecule has 0 bridgehead atoms. The molecule has 1 saturated carbocycles. The number of pyridine rings is 2. The van der Waals surface area contributed by atoms with Gasteiger partial charge in [0, 0.05) is 56.3 Å². The van der Waals surface area contributed by atoms with Crippen molar-refractivity contribution in [1.82, 2.24) is 33.6 Å². The van der Waals surface area contributed by atoms with Crippen molar-refractivity contribution in [2.75, 3.05) is 0 Å². The van der Waals surface area contributed by atoms with Crippen molar-refractivity contribution in [2.45, 2.75) is 45.3 Å². The molecule has 0 amide bonds. The summed E-state index contributed by atoms with van der Waals surface area (Å²) in [6, 6.07) is 6.08. The van der Waals surface area contributed by atoms with Gasteiger partial charge in [-0.25, -0.2) is 14.8 Å². The first-order chi connectivity index (χ1) is 16.2. The van der Waals surface area contributed by atoms with Crippen LogP contribution in [-0.2, 0) is 19.5 Å². The normalized spacial score (nSPS) is 13.7. The monoisotopic (exact) mass is 441 g/mol. The predicted molar refractivity (Wildman–Crippen MR) is 122 cm³/mol. The topological polar surface area (TPSA) is 96.6 Å². The van der Waals surface area contributed by atoms with Crippen LogP contribution >= 0.6 is 0 Å². The maximum atomic E-state index is 13.4. The Bertz CT molecular complexity index is 1490. The Balaban J connectivity index is 1.40. The lowest BCUT2D eigenvalue weighted by molar-refractivity contribution is 0.458. The minimum absolute atomic E-state index is 0.0103. The summed E-state index contributed by atoms with van der Waals surface area (Å²) >= 11 is 0. The van der Waals surface area contributed by atoms with E-state index in [4.69, 9.17) is 9.40 Å². The number of hydrogen-bond donors (Lipinski definition) is 0. The fourth-order valence-electron chi connectivity index (χ4n) is 4.29. The quantitative estimate of drug-likeness (QED) is 0.384. The Morgan fingerprint density at radius 1 is 1.09 bits per heavy atom. The van der Waals surface area contributed by atoms with Crippen LogP contribution in [0.15, 0.2) is 64.6 Å². The van der Waals surface area contributed by atoms with Gasteiger partial charge in [-0.3, -0.25) is 19.1 Å². The standard InChI is InChI=1S/C24H23N7O2/c1-16-27-12-19(33-16)7-10-29-14-20(17-3-2-8-25-11-17)28-23(29)15-30-22-13-26-9-6-21(22)31(24(30)32)18-4-5-18/h2-3,6,8-9,11-14,18H,4-5,7,10,15H2,1H3. The van der Waals surface area contributed by atoms with Gasteiger partial charge in [-0.15, -0.1) is 0 Å². The highest BCUT2D eigenvalue weighted by Crippen LogP contribution is 2.36. The number of aromatic nitrogens is 7. The summed E-state index contributed by atoms with van der Waals surface area (Å²) in [5, 5.41) is 0. The van der Waals surface area contributed by atoms with Gasteiger partial charge >= 0.3 is 5.69 Å². The maximum Gasteiger partial charge on any atom is 0.329 e. The largest absolute Gasteiger partial charge is 0.446 e. The van der Waals surface area contributed by atoms with Gasteiger partial charge in [0.15, 0.2) is 5.89 Å². The fourth-order valence-corrected chi connectivity index (χ4v) is 4.29. The van der Waals surface area contributed by atoms with Crippen LogP contribution in [-0.4, -0.2) is 33.6 Å². The van der Waals surface area contributed by atoms with Crippen molar-refractivity contribution in [2.24, 2.45) is 0 Å². The second-order valence-electron chi connectivity index (χ2n) is 8.41. The zero-order chi connectivity index (χ0) is 22.4. The molecule has 1 fully saturated rings. The first kappa shape index (κ1) is 19.7. The molecule has 9 nitrogen and oxygen atoms in total. The van der Waals surface area contributed by atoms with Crippen LogP contribution in [0.25, 0.3) is 22.3 Å². The van der Waals surface area contributed by atoms with Crippen LogP contribution in [0, 0.1) is 6.92 Å². The minimum atomic E-state index is -0.0103. The SMILES string of the molecule is Cc1ncc(CCn2cc(-c3cccnc3)nc2Cn2c(=O)n(C3CC3)c3ccncc32)o1. The lowest BCUT2D eigenvalue weighted by Crippen LogP contribution is -2.25. The average molecular weight is 441 g/mol. The number of aryl methyl sites for hydroxylation is 3. The molecule has 0 radical (unpaired) electrons. The summed E-state index contributed by atoms with van der Waals surface area (Å²) in [6.07, 6.45) is 13.6. The van der Waals surface area contributed by atoms with Crippen LogP contribution in [0.4, 0.5) is 0 Å². The molecule has 5 aromatic rings. The molecule has 9 heteroatoms. The minimum Gasteiger partial charge on any atom is -0.446 e. The van der Waals surface area contributed by atoms with Gasteiger partial charge in [-0.1, -0.05) is 0 Å². The van der Waals surface area contributed by atoms with E-state index in [1.54, 1.807) is 35.6 Å². The third kappa shape index (κ3) is 3.65. The Morgan fingerprint density at radius 2 is 1.97 bits per heavy atom. The smallest absolute Gasteiger partial charge is 0.329 e. The third-order valence-electron chi connectivity index (χ3n) is 6.06. The first-order valence-corrected chi connectivity index (χ1v) is 11.1. The molecule has 5 aromatic heterocycles. The number of rotatable bonds is 7. The molecule has 33 heavy (non-hydrogen) atoms. The summed E-state index contributed by atoms with van der Waals surface area (Å²) in [7, 11) is 0. The molecule has 0 saturated heterocycles. The molecule has 0 atom stereocenters. The molecule has 0 aromatic carbocycles. The molecule has 0 unspecified atom stereocenters. The van der Waals surface area contributed by atoms with Crippen LogP contribution in [0.3, 0.4) is 0 Å². The summed E-state index contributed by atoms with van der Waals surface area (Å²) < 4.78 is 11.4. The molecular weight excluding hydrogens is 418 g/mol. The molecule has 6 rings (SSSR count). The molecule has 1 aliphatic rings. The zero-order valence-corrected chi connectivity index (χ0v) is 18.3. The highest BCUT2D eigenvalue weighted by molar-refractivity contribution is 5.75. The van der Waals surface area contributed by atoms with Crippen molar-refractivity contribution < 1.29 is 4.42 Å². The Morgan fingerprint density at radius 3 is 2.73 bits per heavy atom. The van der Waals surface area contributed by atoms with E-state index < -0.39 is 0 Å². The van der Waals surface area contributed by atoms with E-state index in [1.807, 2.05) is 35.9 Å². The van der Waals surface area contributed by atoms with Crippen LogP contribution < -0.4 is 5.69 Å². The summed E-state index contributed by atoms with van der Waals surface area (Å²) in [5.41, 5.74) is 3.51. The van der Waals surface area contributed by atoms with Gasteiger partial charge in [-0.05, 0) is 31.0 Å². The molecule has 0 spiro atoms. The Labute approximate surface area is 189 Å². The zero-order valence-electron chi connectivity index (χ0n) is 18.3. The van der Waals surface area contributed by atoms with E-state index in [-0.39, 0.29) is 11.7 Å². The number of nitrogens with zero attached hydrogens (tertiary/aromatic N) is 7. The molecule has 0 N–H and O–H groups in total. The van der Waals surface area contributed by atoms with Gasteiger partial charge in [0.1, 0.15) is 11.6 Å². The van der Waals surface area contributed by atoms with E-state index in [0.29, 0.717) is 25.4 Å².